The predicted octanol–water partition coefficient (Wildman–Crippen LogP) is 2.62. The van der Waals surface area contributed by atoms with Crippen molar-refractivity contribution >= 4 is 34.8 Å². The molecule has 0 unspecified atom stereocenters. The van der Waals surface area contributed by atoms with E-state index in [1.54, 1.807) is 17.5 Å². The van der Waals surface area contributed by atoms with Crippen molar-refractivity contribution in [1.82, 2.24) is 4.90 Å². The zero-order valence-corrected chi connectivity index (χ0v) is 15.2. The van der Waals surface area contributed by atoms with Gasteiger partial charge in [0, 0.05) is 12.7 Å². The lowest BCUT2D eigenvalue weighted by Gasteiger charge is -2.18. The second-order valence-corrected chi connectivity index (χ2v) is 6.57. The van der Waals surface area contributed by atoms with Crippen LogP contribution in [0.2, 0.25) is 0 Å². The van der Waals surface area contributed by atoms with Crippen molar-refractivity contribution < 1.29 is 19.1 Å². The minimum absolute atomic E-state index is 0.122. The fraction of sp³-hybridized carbons (Fsp3) is 0.278. The number of amides is 2. The third-order valence-electron chi connectivity index (χ3n) is 3.60. The molecule has 0 saturated heterocycles. The van der Waals surface area contributed by atoms with Crippen LogP contribution >= 0.6 is 11.3 Å². The Morgan fingerprint density at radius 1 is 1.12 bits per heavy atom. The van der Waals surface area contributed by atoms with Crippen LogP contribution in [0.3, 0.4) is 0 Å². The van der Waals surface area contributed by atoms with Gasteiger partial charge in [-0.1, -0.05) is 24.3 Å². The third-order valence-corrected chi connectivity index (χ3v) is 4.45. The van der Waals surface area contributed by atoms with Crippen molar-refractivity contribution in [3.8, 4) is 0 Å². The van der Waals surface area contributed by atoms with Crippen molar-refractivity contribution in [2.75, 3.05) is 25.5 Å². The number of carbonyl (C=O) groups is 3. The van der Waals surface area contributed by atoms with Crippen molar-refractivity contribution in [3.05, 3.63) is 51.7 Å². The molecule has 0 bridgehead atoms. The molecule has 1 N–H and O–H groups in total. The summed E-state index contributed by atoms with van der Waals surface area (Å²) in [5.74, 6) is -1.30. The summed E-state index contributed by atoms with van der Waals surface area (Å²) in [7, 11) is 1.49. The van der Waals surface area contributed by atoms with Crippen molar-refractivity contribution in [2.24, 2.45) is 0 Å². The van der Waals surface area contributed by atoms with Gasteiger partial charge in [0.1, 0.15) is 4.88 Å². The summed E-state index contributed by atoms with van der Waals surface area (Å²) >= 11 is 1.24. The molecule has 2 rings (SSSR count). The fourth-order valence-corrected chi connectivity index (χ4v) is 2.81. The first-order valence-corrected chi connectivity index (χ1v) is 8.57. The molecule has 0 spiro atoms. The average Bonchev–Trinajstić information content (AvgIpc) is 3.10. The molecule has 2 amide bonds. The molecular weight excluding hydrogens is 340 g/mol. The molecule has 0 fully saturated rings. The van der Waals surface area contributed by atoms with Crippen LogP contribution in [-0.2, 0) is 14.3 Å². The number of hydrogen-bond acceptors (Lipinski definition) is 5. The molecule has 0 saturated carbocycles. The number of nitrogens with zero attached hydrogens (tertiary/aromatic N) is 1. The number of rotatable bonds is 6. The van der Waals surface area contributed by atoms with E-state index in [4.69, 9.17) is 4.74 Å². The van der Waals surface area contributed by atoms with Crippen LogP contribution < -0.4 is 5.32 Å². The second-order valence-electron chi connectivity index (χ2n) is 5.62. The normalized spacial score (nSPS) is 10.2. The lowest BCUT2D eigenvalue weighted by molar-refractivity contribution is -0.136. The molecule has 1 aromatic heterocycles. The summed E-state index contributed by atoms with van der Waals surface area (Å²) in [6, 6.07) is 9.08. The molecule has 6 nitrogen and oxygen atoms in total. The minimum atomic E-state index is -0.545. The number of benzene rings is 1. The van der Waals surface area contributed by atoms with E-state index in [0.717, 1.165) is 16.8 Å². The summed E-state index contributed by atoms with van der Waals surface area (Å²) in [4.78, 5) is 37.5. The lowest BCUT2D eigenvalue weighted by atomic mass is 10.1. The quantitative estimate of drug-likeness (QED) is 0.804. The largest absolute Gasteiger partial charge is 0.451 e. The van der Waals surface area contributed by atoms with Crippen LogP contribution in [0.1, 0.15) is 20.8 Å². The highest BCUT2D eigenvalue weighted by Crippen LogP contribution is 2.19. The summed E-state index contributed by atoms with van der Waals surface area (Å²) in [5, 5.41) is 4.57. The number of nitrogens with one attached hydrogen (secondary N) is 1. The van der Waals surface area contributed by atoms with E-state index in [0.29, 0.717) is 4.88 Å². The molecule has 0 aliphatic rings. The molecule has 132 valence electrons. The number of hydrogen-bond donors (Lipinski definition) is 1. The van der Waals surface area contributed by atoms with Gasteiger partial charge in [-0.25, -0.2) is 4.79 Å². The number of aryl methyl sites for hydroxylation is 2. The molecule has 7 heteroatoms. The van der Waals surface area contributed by atoms with Crippen molar-refractivity contribution in [3.63, 3.8) is 0 Å². The highest BCUT2D eigenvalue weighted by atomic mass is 32.1. The van der Waals surface area contributed by atoms with E-state index >= 15 is 0 Å². The first kappa shape index (κ1) is 18.7. The van der Waals surface area contributed by atoms with Crippen LogP contribution in [0.5, 0.6) is 0 Å². The zero-order valence-electron chi connectivity index (χ0n) is 14.4. The second kappa shape index (κ2) is 8.43. The molecule has 2 aromatic rings. The van der Waals surface area contributed by atoms with Gasteiger partial charge in [0.25, 0.3) is 5.91 Å². The number of ether oxygens (including phenoxy) is 1. The summed E-state index contributed by atoms with van der Waals surface area (Å²) < 4.78 is 4.96. The Labute approximate surface area is 150 Å². The van der Waals surface area contributed by atoms with E-state index in [9.17, 15) is 14.4 Å². The smallest absolute Gasteiger partial charge is 0.348 e. The Balaban J connectivity index is 1.84. The fourth-order valence-electron chi connectivity index (χ4n) is 2.20. The number of carbonyl (C=O) groups excluding carboxylic acids is 3. The number of esters is 1. The minimum Gasteiger partial charge on any atom is -0.451 e. The van der Waals surface area contributed by atoms with E-state index < -0.39 is 18.5 Å². The van der Waals surface area contributed by atoms with E-state index in [2.05, 4.69) is 5.32 Å². The van der Waals surface area contributed by atoms with E-state index in [1.807, 2.05) is 32.0 Å². The maximum Gasteiger partial charge on any atom is 0.348 e. The van der Waals surface area contributed by atoms with Crippen LogP contribution in [0, 0.1) is 13.8 Å². The Morgan fingerprint density at radius 2 is 1.80 bits per heavy atom. The summed E-state index contributed by atoms with van der Waals surface area (Å²) in [6.45, 7) is 3.29. The Hall–Kier alpha value is -2.67. The first-order chi connectivity index (χ1) is 11.9. The van der Waals surface area contributed by atoms with Gasteiger partial charge in [-0.2, -0.15) is 0 Å². The molecule has 25 heavy (non-hydrogen) atoms. The Bertz CT molecular complexity index is 751. The van der Waals surface area contributed by atoms with Gasteiger partial charge >= 0.3 is 5.97 Å². The van der Waals surface area contributed by atoms with Crippen molar-refractivity contribution in [2.45, 2.75) is 13.8 Å². The predicted molar refractivity (Wildman–Crippen MR) is 96.8 cm³/mol. The summed E-state index contributed by atoms with van der Waals surface area (Å²) in [6.07, 6.45) is 0. The van der Waals surface area contributed by atoms with Gasteiger partial charge in [-0.15, -0.1) is 11.3 Å². The lowest BCUT2D eigenvalue weighted by Crippen LogP contribution is -2.37. The van der Waals surface area contributed by atoms with Gasteiger partial charge in [0.05, 0.1) is 6.54 Å². The number of thiophene rings is 1. The van der Waals surface area contributed by atoms with Crippen LogP contribution in [0.4, 0.5) is 5.69 Å². The van der Waals surface area contributed by atoms with E-state index in [1.165, 1.54) is 23.3 Å². The van der Waals surface area contributed by atoms with Crippen LogP contribution in [-0.4, -0.2) is 42.9 Å². The topological polar surface area (TPSA) is 75.7 Å². The summed E-state index contributed by atoms with van der Waals surface area (Å²) in [5.41, 5.74) is 2.65. The monoisotopic (exact) mass is 360 g/mol. The average molecular weight is 360 g/mol. The van der Waals surface area contributed by atoms with Crippen molar-refractivity contribution in [1.29, 1.82) is 0 Å². The Kier molecular flexibility index (Phi) is 6.30. The van der Waals surface area contributed by atoms with Gasteiger partial charge in [0.2, 0.25) is 5.91 Å². The molecule has 1 aromatic carbocycles. The molecule has 0 atom stereocenters. The van der Waals surface area contributed by atoms with E-state index in [-0.39, 0.29) is 12.5 Å². The molecule has 0 radical (unpaired) electrons. The van der Waals surface area contributed by atoms with Crippen LogP contribution in [0.25, 0.3) is 0 Å². The third kappa shape index (κ3) is 5.15. The van der Waals surface area contributed by atoms with Gasteiger partial charge in [-0.3, -0.25) is 9.59 Å². The van der Waals surface area contributed by atoms with Gasteiger partial charge in [-0.05, 0) is 36.4 Å². The highest BCUT2D eigenvalue weighted by Gasteiger charge is 2.17. The molecule has 0 aliphatic carbocycles. The van der Waals surface area contributed by atoms with Gasteiger partial charge < -0.3 is 15.0 Å². The van der Waals surface area contributed by atoms with Crippen LogP contribution in [0.15, 0.2) is 35.7 Å². The number of likely N-dealkylation sites (N-methyl/N-ethyl adjacent to an activating group) is 1. The zero-order chi connectivity index (χ0) is 18.4. The highest BCUT2D eigenvalue weighted by molar-refractivity contribution is 7.11. The standard InChI is InChI=1S/C18H20N2O4S/c1-12-6-4-7-13(2)17(12)19-15(21)10-20(3)16(22)11-24-18(23)14-8-5-9-25-14/h4-9H,10-11H2,1-3H3,(H,19,21). The Morgan fingerprint density at radius 3 is 2.40 bits per heavy atom. The SMILES string of the molecule is Cc1cccc(C)c1NC(=O)CN(C)C(=O)COC(=O)c1cccs1. The maximum absolute atomic E-state index is 12.1. The molecular formula is C18H20N2O4S. The number of anilines is 1. The first-order valence-electron chi connectivity index (χ1n) is 7.69. The van der Waals surface area contributed by atoms with Gasteiger partial charge in [0.15, 0.2) is 6.61 Å². The maximum atomic E-state index is 12.1. The molecule has 0 aliphatic heterocycles. The molecule has 1 heterocycles. The number of para-hydroxylation sites is 1.